The van der Waals surface area contributed by atoms with Crippen molar-refractivity contribution < 1.29 is 4.74 Å². The van der Waals surface area contributed by atoms with Crippen LogP contribution < -0.4 is 5.32 Å². The highest BCUT2D eigenvalue weighted by Gasteiger charge is 2.44. The molecule has 2 saturated heterocycles. The van der Waals surface area contributed by atoms with E-state index in [0.29, 0.717) is 18.1 Å². The van der Waals surface area contributed by atoms with Gasteiger partial charge >= 0.3 is 0 Å². The SMILES string of the molecule is CCCNC(c1cc(Cl)ccc1Cl)C1CC2CCC1O2. The zero-order valence-corrected chi connectivity index (χ0v) is 13.3. The minimum Gasteiger partial charge on any atom is -0.375 e. The van der Waals surface area contributed by atoms with Crippen LogP contribution in [0.15, 0.2) is 18.2 Å². The third-order valence-corrected chi connectivity index (χ3v) is 5.07. The molecule has 2 aliphatic heterocycles. The Kier molecular flexibility index (Phi) is 4.56. The van der Waals surface area contributed by atoms with Crippen LogP contribution in [0.5, 0.6) is 0 Å². The average molecular weight is 314 g/mol. The molecule has 0 radical (unpaired) electrons. The molecule has 1 aromatic rings. The van der Waals surface area contributed by atoms with Gasteiger partial charge in [0.2, 0.25) is 0 Å². The van der Waals surface area contributed by atoms with Gasteiger partial charge in [-0.3, -0.25) is 0 Å². The second-order valence-electron chi connectivity index (χ2n) is 5.87. The second-order valence-corrected chi connectivity index (χ2v) is 6.71. The highest BCUT2D eigenvalue weighted by atomic mass is 35.5. The van der Waals surface area contributed by atoms with Crippen LogP contribution in [0.3, 0.4) is 0 Å². The molecule has 0 saturated carbocycles. The smallest absolute Gasteiger partial charge is 0.0627 e. The summed E-state index contributed by atoms with van der Waals surface area (Å²) in [5.41, 5.74) is 1.12. The standard InChI is InChI=1S/C16H21Cl2NO/c1-2-7-19-16(12-8-10(17)3-5-14(12)18)13-9-11-4-6-15(13)20-11/h3,5,8,11,13,15-16,19H,2,4,6-7,9H2,1H3. The lowest BCUT2D eigenvalue weighted by atomic mass is 9.81. The van der Waals surface area contributed by atoms with Crippen LogP contribution in [0.2, 0.25) is 10.0 Å². The van der Waals surface area contributed by atoms with E-state index in [0.717, 1.165) is 35.0 Å². The molecule has 4 unspecified atom stereocenters. The van der Waals surface area contributed by atoms with Crippen molar-refractivity contribution in [3.63, 3.8) is 0 Å². The van der Waals surface area contributed by atoms with E-state index in [2.05, 4.69) is 12.2 Å². The van der Waals surface area contributed by atoms with Crippen molar-refractivity contribution in [3.05, 3.63) is 33.8 Å². The molecule has 3 rings (SSSR count). The zero-order chi connectivity index (χ0) is 14.1. The first-order valence-corrected chi connectivity index (χ1v) is 8.28. The molecule has 0 aromatic heterocycles. The number of ether oxygens (including phenoxy) is 1. The van der Waals surface area contributed by atoms with Crippen LogP contribution in [0.1, 0.15) is 44.2 Å². The van der Waals surface area contributed by atoms with E-state index in [9.17, 15) is 0 Å². The maximum Gasteiger partial charge on any atom is 0.0627 e. The van der Waals surface area contributed by atoms with Crippen LogP contribution in [0.25, 0.3) is 0 Å². The summed E-state index contributed by atoms with van der Waals surface area (Å²) in [7, 11) is 0. The fraction of sp³-hybridized carbons (Fsp3) is 0.625. The zero-order valence-electron chi connectivity index (χ0n) is 11.7. The first kappa shape index (κ1) is 14.6. The third-order valence-electron chi connectivity index (χ3n) is 4.49. The lowest BCUT2D eigenvalue weighted by molar-refractivity contribution is 0.0857. The number of hydrogen-bond acceptors (Lipinski definition) is 2. The molecule has 20 heavy (non-hydrogen) atoms. The molecule has 2 fully saturated rings. The maximum atomic E-state index is 6.41. The van der Waals surface area contributed by atoms with Gasteiger partial charge in [0.25, 0.3) is 0 Å². The molecule has 0 amide bonds. The number of halogens is 2. The van der Waals surface area contributed by atoms with Crippen molar-refractivity contribution >= 4 is 23.2 Å². The summed E-state index contributed by atoms with van der Waals surface area (Å²) >= 11 is 12.6. The molecule has 2 aliphatic rings. The predicted molar refractivity (Wildman–Crippen MR) is 83.5 cm³/mol. The molecule has 1 aromatic carbocycles. The third kappa shape index (κ3) is 2.85. The van der Waals surface area contributed by atoms with Crippen molar-refractivity contribution in [3.8, 4) is 0 Å². The van der Waals surface area contributed by atoms with E-state index in [4.69, 9.17) is 27.9 Å². The van der Waals surface area contributed by atoms with Gasteiger partial charge in [-0.15, -0.1) is 0 Å². The van der Waals surface area contributed by atoms with Gasteiger partial charge in [0, 0.05) is 22.0 Å². The van der Waals surface area contributed by atoms with Gasteiger partial charge < -0.3 is 10.1 Å². The average Bonchev–Trinajstić information content (AvgIpc) is 3.05. The van der Waals surface area contributed by atoms with Gasteiger partial charge in [-0.05, 0) is 56.0 Å². The number of rotatable bonds is 5. The molecule has 0 spiro atoms. The largest absolute Gasteiger partial charge is 0.375 e. The maximum absolute atomic E-state index is 6.41. The molecule has 2 nitrogen and oxygen atoms in total. The van der Waals surface area contributed by atoms with E-state index >= 15 is 0 Å². The van der Waals surface area contributed by atoms with Gasteiger partial charge in [0.15, 0.2) is 0 Å². The Bertz CT molecular complexity index is 480. The molecule has 4 atom stereocenters. The lowest BCUT2D eigenvalue weighted by Gasteiger charge is -2.30. The van der Waals surface area contributed by atoms with Crippen LogP contribution >= 0.6 is 23.2 Å². The summed E-state index contributed by atoms with van der Waals surface area (Å²) in [4.78, 5) is 0. The Morgan fingerprint density at radius 2 is 2.20 bits per heavy atom. The van der Waals surface area contributed by atoms with Crippen LogP contribution in [0.4, 0.5) is 0 Å². The molecular weight excluding hydrogens is 293 g/mol. The first-order valence-electron chi connectivity index (χ1n) is 7.53. The Labute approximate surface area is 130 Å². The Balaban J connectivity index is 1.87. The summed E-state index contributed by atoms with van der Waals surface area (Å²) in [6.45, 7) is 3.17. The summed E-state index contributed by atoms with van der Waals surface area (Å²) in [5, 5.41) is 5.20. The minimum absolute atomic E-state index is 0.247. The van der Waals surface area contributed by atoms with E-state index in [1.54, 1.807) is 0 Å². The summed E-state index contributed by atoms with van der Waals surface area (Å²) in [6, 6.07) is 6.00. The summed E-state index contributed by atoms with van der Waals surface area (Å²) in [6.07, 6.45) is 5.46. The Morgan fingerprint density at radius 1 is 1.35 bits per heavy atom. The van der Waals surface area contributed by atoms with Crippen LogP contribution in [-0.4, -0.2) is 18.8 Å². The van der Waals surface area contributed by atoms with Crippen molar-refractivity contribution in [1.82, 2.24) is 5.32 Å². The monoisotopic (exact) mass is 313 g/mol. The minimum atomic E-state index is 0.247. The van der Waals surface area contributed by atoms with Crippen molar-refractivity contribution in [2.24, 2.45) is 5.92 Å². The molecule has 0 aliphatic carbocycles. The molecular formula is C16H21Cl2NO. The van der Waals surface area contributed by atoms with E-state index in [1.165, 1.54) is 12.8 Å². The lowest BCUT2D eigenvalue weighted by Crippen LogP contribution is -2.34. The highest BCUT2D eigenvalue weighted by Crippen LogP contribution is 2.46. The normalized spacial score (nSPS) is 29.9. The van der Waals surface area contributed by atoms with Crippen LogP contribution in [-0.2, 0) is 4.74 Å². The van der Waals surface area contributed by atoms with Crippen molar-refractivity contribution in [2.75, 3.05) is 6.54 Å². The fourth-order valence-corrected chi connectivity index (χ4v) is 3.99. The van der Waals surface area contributed by atoms with Gasteiger partial charge in [-0.2, -0.15) is 0 Å². The number of nitrogens with one attached hydrogen (secondary N) is 1. The van der Waals surface area contributed by atoms with E-state index in [1.807, 2.05) is 18.2 Å². The van der Waals surface area contributed by atoms with Crippen molar-refractivity contribution in [2.45, 2.75) is 50.9 Å². The molecule has 110 valence electrons. The van der Waals surface area contributed by atoms with E-state index < -0.39 is 0 Å². The number of hydrogen-bond donors (Lipinski definition) is 1. The van der Waals surface area contributed by atoms with Crippen molar-refractivity contribution in [1.29, 1.82) is 0 Å². The van der Waals surface area contributed by atoms with Gasteiger partial charge in [0.1, 0.15) is 0 Å². The summed E-state index contributed by atoms with van der Waals surface area (Å²) in [5.74, 6) is 0.510. The topological polar surface area (TPSA) is 21.3 Å². The van der Waals surface area contributed by atoms with Gasteiger partial charge in [-0.25, -0.2) is 0 Å². The molecule has 2 heterocycles. The number of fused-ring (bicyclic) bond motifs is 2. The quantitative estimate of drug-likeness (QED) is 0.857. The number of benzene rings is 1. The van der Waals surface area contributed by atoms with Gasteiger partial charge in [0.05, 0.1) is 12.2 Å². The predicted octanol–water partition coefficient (Wildman–Crippen LogP) is 4.60. The Morgan fingerprint density at radius 3 is 2.85 bits per heavy atom. The molecule has 1 N–H and O–H groups in total. The Hall–Kier alpha value is -0.280. The highest BCUT2D eigenvalue weighted by molar-refractivity contribution is 6.33. The molecule has 2 bridgehead atoms. The molecule has 4 heteroatoms. The second kappa shape index (κ2) is 6.23. The fourth-order valence-electron chi connectivity index (χ4n) is 3.57. The summed E-state index contributed by atoms with van der Waals surface area (Å²) < 4.78 is 6.02. The van der Waals surface area contributed by atoms with Crippen LogP contribution in [0, 0.1) is 5.92 Å². The van der Waals surface area contributed by atoms with Gasteiger partial charge in [-0.1, -0.05) is 30.1 Å². The first-order chi connectivity index (χ1) is 9.69. The van der Waals surface area contributed by atoms with E-state index in [-0.39, 0.29) is 6.04 Å².